The number of nitrogens with zero attached hydrogens (tertiary/aromatic N) is 3. The standard InChI is InChI=1S/C18H20N4O2S/c1-10-20-15-7-11(3-4-16(15)25-10)18(24)21-17(12-5-14(23)6-12)13-8-19-22(2)9-13/h3-4,7-9,12,14,17,23H,5-6H2,1-2H3,(H,21,24)/t12?,14?,17-/m1/s1. The molecular weight excluding hydrogens is 336 g/mol. The molecule has 1 atom stereocenters. The van der Waals surface area contributed by atoms with Gasteiger partial charge in [-0.3, -0.25) is 9.48 Å². The van der Waals surface area contributed by atoms with Crippen molar-refractivity contribution in [2.75, 3.05) is 0 Å². The molecule has 7 heteroatoms. The number of rotatable bonds is 4. The highest BCUT2D eigenvalue weighted by atomic mass is 32.1. The van der Waals surface area contributed by atoms with E-state index >= 15 is 0 Å². The number of benzene rings is 1. The van der Waals surface area contributed by atoms with Crippen LogP contribution in [0.3, 0.4) is 0 Å². The van der Waals surface area contributed by atoms with Crippen molar-refractivity contribution in [3.05, 3.63) is 46.7 Å². The summed E-state index contributed by atoms with van der Waals surface area (Å²) in [5, 5.41) is 18.0. The van der Waals surface area contributed by atoms with Crippen LogP contribution in [0.15, 0.2) is 30.6 Å². The Labute approximate surface area is 149 Å². The van der Waals surface area contributed by atoms with Gasteiger partial charge in [0.1, 0.15) is 0 Å². The fourth-order valence-corrected chi connectivity index (χ4v) is 4.19. The van der Waals surface area contributed by atoms with Crippen LogP contribution in [0.2, 0.25) is 0 Å². The average Bonchev–Trinajstić information content (AvgIpc) is 3.13. The molecule has 1 fully saturated rings. The first-order chi connectivity index (χ1) is 12.0. The molecule has 6 nitrogen and oxygen atoms in total. The molecule has 2 heterocycles. The number of hydrogen-bond donors (Lipinski definition) is 2. The third kappa shape index (κ3) is 3.17. The van der Waals surface area contributed by atoms with Crippen molar-refractivity contribution >= 4 is 27.5 Å². The van der Waals surface area contributed by atoms with Crippen molar-refractivity contribution < 1.29 is 9.90 Å². The van der Waals surface area contributed by atoms with Gasteiger partial charge in [0, 0.05) is 24.4 Å². The molecule has 1 aliphatic carbocycles. The third-order valence-electron chi connectivity index (χ3n) is 4.75. The Kier molecular flexibility index (Phi) is 4.05. The van der Waals surface area contributed by atoms with Crippen molar-refractivity contribution in [2.24, 2.45) is 13.0 Å². The smallest absolute Gasteiger partial charge is 0.251 e. The number of aryl methyl sites for hydroxylation is 2. The minimum absolute atomic E-state index is 0.122. The highest BCUT2D eigenvalue weighted by Gasteiger charge is 2.36. The largest absolute Gasteiger partial charge is 0.393 e. The van der Waals surface area contributed by atoms with Crippen LogP contribution in [0.4, 0.5) is 0 Å². The summed E-state index contributed by atoms with van der Waals surface area (Å²) < 4.78 is 2.81. The first kappa shape index (κ1) is 16.2. The van der Waals surface area contributed by atoms with Gasteiger partial charge in [0.05, 0.1) is 33.6 Å². The van der Waals surface area contributed by atoms with Crippen molar-refractivity contribution in [1.29, 1.82) is 0 Å². The Balaban J connectivity index is 1.58. The fraction of sp³-hybridized carbons (Fsp3) is 0.389. The number of thiazole rings is 1. The van der Waals surface area contributed by atoms with Gasteiger partial charge in [0.25, 0.3) is 5.91 Å². The topological polar surface area (TPSA) is 80.0 Å². The maximum absolute atomic E-state index is 12.8. The molecule has 3 aromatic rings. The summed E-state index contributed by atoms with van der Waals surface area (Å²) in [7, 11) is 1.86. The number of nitrogens with one attached hydrogen (secondary N) is 1. The number of fused-ring (bicyclic) bond motifs is 1. The van der Waals surface area contributed by atoms with E-state index in [1.807, 2.05) is 38.4 Å². The lowest BCUT2D eigenvalue weighted by molar-refractivity contribution is 0.0235. The van der Waals surface area contributed by atoms with E-state index in [4.69, 9.17) is 0 Å². The van der Waals surface area contributed by atoms with E-state index in [9.17, 15) is 9.90 Å². The second-order valence-corrected chi connectivity index (χ2v) is 7.93. The molecule has 1 aliphatic rings. The van der Waals surface area contributed by atoms with Gasteiger partial charge in [0.2, 0.25) is 0 Å². The normalized spacial score (nSPS) is 21.1. The van der Waals surface area contributed by atoms with Gasteiger partial charge in [-0.2, -0.15) is 5.10 Å². The summed E-state index contributed by atoms with van der Waals surface area (Å²) in [6.07, 6.45) is 4.83. The second-order valence-electron chi connectivity index (χ2n) is 6.70. The fourth-order valence-electron chi connectivity index (χ4n) is 3.38. The van der Waals surface area contributed by atoms with Crippen LogP contribution < -0.4 is 5.32 Å². The maximum atomic E-state index is 12.8. The monoisotopic (exact) mass is 356 g/mol. The zero-order valence-corrected chi connectivity index (χ0v) is 15.0. The molecule has 4 rings (SSSR count). The van der Waals surface area contributed by atoms with E-state index in [1.165, 1.54) is 0 Å². The van der Waals surface area contributed by atoms with Crippen molar-refractivity contribution in [3.8, 4) is 0 Å². The average molecular weight is 356 g/mol. The van der Waals surface area contributed by atoms with Crippen LogP contribution in [0.1, 0.15) is 39.8 Å². The second kappa shape index (κ2) is 6.24. The summed E-state index contributed by atoms with van der Waals surface area (Å²) in [5.74, 6) is 0.108. The molecule has 2 N–H and O–H groups in total. The first-order valence-corrected chi connectivity index (χ1v) is 9.16. The molecule has 0 saturated heterocycles. The van der Waals surface area contributed by atoms with Crippen LogP contribution in [0.5, 0.6) is 0 Å². The highest BCUT2D eigenvalue weighted by Crippen LogP contribution is 2.38. The van der Waals surface area contributed by atoms with Crippen LogP contribution in [0.25, 0.3) is 10.2 Å². The van der Waals surface area contributed by atoms with Gasteiger partial charge < -0.3 is 10.4 Å². The number of carbonyl (C=O) groups is 1. The van der Waals surface area contributed by atoms with E-state index in [-0.39, 0.29) is 24.0 Å². The lowest BCUT2D eigenvalue weighted by Gasteiger charge is -2.37. The molecule has 0 aliphatic heterocycles. The molecule has 0 unspecified atom stereocenters. The molecule has 0 spiro atoms. The Morgan fingerprint density at radius 3 is 2.92 bits per heavy atom. The Hall–Kier alpha value is -2.25. The number of carbonyl (C=O) groups excluding carboxylic acids is 1. The molecule has 1 aromatic carbocycles. The zero-order chi connectivity index (χ0) is 17.6. The van der Waals surface area contributed by atoms with Crippen LogP contribution in [-0.2, 0) is 7.05 Å². The SMILES string of the molecule is Cc1nc2cc(C(=O)N[C@@H](c3cnn(C)c3)C3CC(O)C3)ccc2s1. The number of hydrogen-bond acceptors (Lipinski definition) is 5. The summed E-state index contributed by atoms with van der Waals surface area (Å²) in [6.45, 7) is 1.96. The summed E-state index contributed by atoms with van der Waals surface area (Å²) in [6, 6.07) is 5.48. The lowest BCUT2D eigenvalue weighted by atomic mass is 9.75. The molecule has 130 valence electrons. The van der Waals surface area contributed by atoms with Crippen molar-refractivity contribution in [2.45, 2.75) is 31.9 Å². The third-order valence-corrected chi connectivity index (χ3v) is 5.70. The quantitative estimate of drug-likeness (QED) is 0.753. The molecule has 2 aromatic heterocycles. The lowest BCUT2D eigenvalue weighted by Crippen LogP contribution is -2.41. The number of amides is 1. The van der Waals surface area contributed by atoms with Gasteiger partial charge in [-0.15, -0.1) is 11.3 Å². The molecular formula is C18H20N4O2S. The van der Waals surface area contributed by atoms with Crippen LogP contribution in [0, 0.1) is 12.8 Å². The maximum Gasteiger partial charge on any atom is 0.251 e. The van der Waals surface area contributed by atoms with Gasteiger partial charge in [-0.25, -0.2) is 4.98 Å². The number of aliphatic hydroxyl groups is 1. The minimum atomic E-state index is -0.268. The van der Waals surface area contributed by atoms with Gasteiger partial charge >= 0.3 is 0 Å². The molecule has 1 saturated carbocycles. The van der Waals surface area contributed by atoms with Crippen LogP contribution in [-0.4, -0.2) is 31.9 Å². The zero-order valence-electron chi connectivity index (χ0n) is 14.1. The Bertz CT molecular complexity index is 926. The number of aromatic nitrogens is 3. The summed E-state index contributed by atoms with van der Waals surface area (Å²) >= 11 is 1.62. The van der Waals surface area contributed by atoms with E-state index in [2.05, 4.69) is 15.4 Å². The van der Waals surface area contributed by atoms with Gasteiger partial charge in [-0.05, 0) is 43.9 Å². The van der Waals surface area contributed by atoms with Crippen molar-refractivity contribution in [1.82, 2.24) is 20.1 Å². The van der Waals surface area contributed by atoms with E-state index in [1.54, 1.807) is 22.2 Å². The van der Waals surface area contributed by atoms with Crippen molar-refractivity contribution in [3.63, 3.8) is 0 Å². The van der Waals surface area contributed by atoms with E-state index < -0.39 is 0 Å². The Morgan fingerprint density at radius 2 is 2.24 bits per heavy atom. The minimum Gasteiger partial charge on any atom is -0.393 e. The number of aliphatic hydroxyl groups excluding tert-OH is 1. The predicted molar refractivity (Wildman–Crippen MR) is 96.5 cm³/mol. The summed E-state index contributed by atoms with van der Waals surface area (Å²) in [5.41, 5.74) is 2.43. The highest BCUT2D eigenvalue weighted by molar-refractivity contribution is 7.18. The first-order valence-electron chi connectivity index (χ1n) is 8.34. The van der Waals surface area contributed by atoms with Crippen LogP contribution >= 0.6 is 11.3 Å². The molecule has 0 radical (unpaired) electrons. The van der Waals surface area contributed by atoms with E-state index in [0.717, 1.165) is 20.8 Å². The molecule has 25 heavy (non-hydrogen) atoms. The van der Waals surface area contributed by atoms with Gasteiger partial charge in [0.15, 0.2) is 0 Å². The Morgan fingerprint density at radius 1 is 1.44 bits per heavy atom. The molecule has 0 bridgehead atoms. The summed E-state index contributed by atoms with van der Waals surface area (Å²) in [4.78, 5) is 17.2. The van der Waals surface area contributed by atoms with Gasteiger partial charge in [-0.1, -0.05) is 0 Å². The predicted octanol–water partition coefficient (Wildman–Crippen LogP) is 2.58. The molecule has 1 amide bonds. The van der Waals surface area contributed by atoms with E-state index in [0.29, 0.717) is 18.4 Å².